The fourth-order valence-corrected chi connectivity index (χ4v) is 0.0962. The minimum absolute atomic E-state index is 0. The normalized spacial score (nSPS) is 6.73. The largest absolute Gasteiger partial charge is 1.00 e. The van der Waals surface area contributed by atoms with Gasteiger partial charge >= 0.3 is 103 Å². The van der Waals surface area contributed by atoms with Gasteiger partial charge in [0.2, 0.25) is 0 Å². The third kappa shape index (κ3) is 12.2. The minimum atomic E-state index is -1.62. The molecule has 0 unspecified atom stereocenters. The predicted molar refractivity (Wildman–Crippen MR) is 22.8 cm³/mol. The molecule has 0 aromatic heterocycles. The molecule has 0 radical (unpaired) electrons. The maximum atomic E-state index is 9.61. The van der Waals surface area contributed by atoms with Crippen LogP contribution in [-0.4, -0.2) is 17.4 Å². The monoisotopic (exact) mass is 212 g/mol. The standard InChI is InChI=1S/C4H6O4.2K.H2O/c1-2(3(5)6)4(7)8;;;/h2H,1H3,(H,5,6)(H,7,8);;;1H2/q;2*+1;/p-2. The van der Waals surface area contributed by atoms with Crippen molar-refractivity contribution in [2.75, 3.05) is 0 Å². The van der Waals surface area contributed by atoms with Gasteiger partial charge in [0.05, 0.1) is 0 Å². The van der Waals surface area contributed by atoms with E-state index in [9.17, 15) is 19.8 Å². The van der Waals surface area contributed by atoms with Gasteiger partial charge in [0, 0.05) is 17.9 Å². The molecule has 0 aromatic carbocycles. The number of hydrogen-bond donors (Lipinski definition) is 0. The van der Waals surface area contributed by atoms with Gasteiger partial charge in [0.1, 0.15) is 0 Å². The second kappa shape index (κ2) is 12.2. The summed E-state index contributed by atoms with van der Waals surface area (Å²) in [4.78, 5) is 19.2. The Bertz CT molecular complexity index is 112. The summed E-state index contributed by atoms with van der Waals surface area (Å²) in [5.74, 6) is -4.76. The summed E-state index contributed by atoms with van der Waals surface area (Å²) in [7, 11) is 0. The molecule has 0 saturated heterocycles. The predicted octanol–water partition coefficient (Wildman–Crippen LogP) is -9.69. The second-order valence-electron chi connectivity index (χ2n) is 1.36. The van der Waals surface area contributed by atoms with E-state index in [-0.39, 0.29) is 108 Å². The Kier molecular flexibility index (Phi) is 25.7. The van der Waals surface area contributed by atoms with Gasteiger partial charge in [0.25, 0.3) is 0 Å². The molecule has 54 valence electrons. The molecule has 0 amide bonds. The van der Waals surface area contributed by atoms with Crippen molar-refractivity contribution >= 4 is 11.9 Å². The topological polar surface area (TPSA) is 112 Å². The summed E-state index contributed by atoms with van der Waals surface area (Å²) < 4.78 is 0. The summed E-state index contributed by atoms with van der Waals surface area (Å²) >= 11 is 0. The van der Waals surface area contributed by atoms with Gasteiger partial charge < -0.3 is 25.3 Å². The van der Waals surface area contributed by atoms with Crippen molar-refractivity contribution in [1.82, 2.24) is 0 Å². The average Bonchev–Trinajstić information content (AvgIpc) is 1.64. The molecule has 0 aliphatic rings. The van der Waals surface area contributed by atoms with Gasteiger partial charge in [-0.25, -0.2) is 0 Å². The van der Waals surface area contributed by atoms with Gasteiger partial charge in [0.15, 0.2) is 0 Å². The molecule has 0 atom stereocenters. The number of aliphatic carboxylic acids is 2. The van der Waals surface area contributed by atoms with E-state index in [4.69, 9.17) is 0 Å². The van der Waals surface area contributed by atoms with Crippen molar-refractivity contribution in [3.05, 3.63) is 0 Å². The molecule has 11 heavy (non-hydrogen) atoms. The van der Waals surface area contributed by atoms with Crippen molar-refractivity contribution in [3.8, 4) is 0 Å². The van der Waals surface area contributed by atoms with E-state index in [1.165, 1.54) is 0 Å². The first kappa shape index (κ1) is 23.2. The third-order valence-electron chi connectivity index (χ3n) is 0.707. The quantitative estimate of drug-likeness (QED) is 0.334. The molecule has 5 nitrogen and oxygen atoms in total. The molecule has 0 spiro atoms. The number of rotatable bonds is 2. The average molecular weight is 212 g/mol. The second-order valence-corrected chi connectivity index (χ2v) is 1.36. The van der Waals surface area contributed by atoms with E-state index in [1.807, 2.05) is 0 Å². The van der Waals surface area contributed by atoms with Crippen LogP contribution in [0.3, 0.4) is 0 Å². The summed E-state index contributed by atoms with van der Waals surface area (Å²) in [6.07, 6.45) is 0. The van der Waals surface area contributed by atoms with Crippen LogP contribution in [0.15, 0.2) is 0 Å². The number of carbonyl (C=O) groups excluding carboxylic acids is 2. The van der Waals surface area contributed by atoms with E-state index < -0.39 is 17.9 Å². The van der Waals surface area contributed by atoms with E-state index >= 15 is 0 Å². The van der Waals surface area contributed by atoms with Gasteiger partial charge in [-0.05, 0) is 0 Å². The molecule has 0 aliphatic carbocycles. The number of carbonyl (C=O) groups is 2. The molecule has 0 saturated carbocycles. The van der Waals surface area contributed by atoms with Crippen LogP contribution < -0.4 is 113 Å². The van der Waals surface area contributed by atoms with Crippen LogP contribution >= 0.6 is 0 Å². The van der Waals surface area contributed by atoms with Gasteiger partial charge in [-0.1, -0.05) is 6.92 Å². The Morgan fingerprint density at radius 3 is 1.27 bits per heavy atom. The van der Waals surface area contributed by atoms with Crippen LogP contribution in [0.4, 0.5) is 0 Å². The molecule has 0 bridgehead atoms. The maximum Gasteiger partial charge on any atom is 1.00 e. The number of hydrogen-bond acceptors (Lipinski definition) is 4. The van der Waals surface area contributed by atoms with E-state index in [0.29, 0.717) is 0 Å². The Labute approximate surface area is 149 Å². The Morgan fingerprint density at radius 1 is 1.09 bits per heavy atom. The SMILES string of the molecule is CC(C(=O)[O-])C(=O)[O-].O.[K+].[K+]. The van der Waals surface area contributed by atoms with Crippen molar-refractivity contribution < 1.29 is 128 Å². The summed E-state index contributed by atoms with van der Waals surface area (Å²) in [5.41, 5.74) is 0. The first-order valence-corrected chi connectivity index (χ1v) is 1.97. The smallest absolute Gasteiger partial charge is 0.549 e. The summed E-state index contributed by atoms with van der Waals surface area (Å²) in [6.45, 7) is 0.991. The molecule has 2 N–H and O–H groups in total. The van der Waals surface area contributed by atoms with Gasteiger partial charge in [-0.2, -0.15) is 0 Å². The maximum absolute atomic E-state index is 9.61. The zero-order valence-corrected chi connectivity index (χ0v) is 13.0. The van der Waals surface area contributed by atoms with Crippen LogP contribution in [0.2, 0.25) is 0 Å². The molecule has 0 aliphatic heterocycles. The zero-order chi connectivity index (χ0) is 6.73. The van der Waals surface area contributed by atoms with E-state index in [2.05, 4.69) is 0 Å². The molecule has 0 heterocycles. The molecule has 0 fully saturated rings. The van der Waals surface area contributed by atoms with Gasteiger partial charge in [-0.15, -0.1) is 0 Å². The van der Waals surface area contributed by atoms with Crippen LogP contribution in [0.1, 0.15) is 6.92 Å². The fourth-order valence-electron chi connectivity index (χ4n) is 0.0962. The van der Waals surface area contributed by atoms with E-state index in [1.54, 1.807) is 0 Å². The Balaban J connectivity index is -0.0000000817. The van der Waals surface area contributed by atoms with Crippen molar-refractivity contribution in [1.29, 1.82) is 0 Å². The zero-order valence-electron chi connectivity index (χ0n) is 6.71. The van der Waals surface area contributed by atoms with Crippen LogP contribution in [0, 0.1) is 5.92 Å². The van der Waals surface area contributed by atoms with Crippen molar-refractivity contribution in [3.63, 3.8) is 0 Å². The molecule has 0 rings (SSSR count). The number of carboxylic acids is 2. The Hall–Kier alpha value is 2.17. The van der Waals surface area contributed by atoms with Crippen LogP contribution in [0.25, 0.3) is 0 Å². The van der Waals surface area contributed by atoms with E-state index in [0.717, 1.165) is 6.92 Å². The summed E-state index contributed by atoms with van der Waals surface area (Å²) in [6, 6.07) is 0. The van der Waals surface area contributed by atoms with Crippen LogP contribution in [-0.2, 0) is 9.59 Å². The van der Waals surface area contributed by atoms with Crippen LogP contribution in [0.5, 0.6) is 0 Å². The first-order valence-electron chi connectivity index (χ1n) is 1.97. The number of carboxylic acid groups (broad SMARTS) is 2. The Morgan fingerprint density at radius 2 is 1.27 bits per heavy atom. The minimum Gasteiger partial charge on any atom is -0.549 e. The molecule has 7 heteroatoms. The first-order chi connectivity index (χ1) is 3.55. The third-order valence-corrected chi connectivity index (χ3v) is 0.707. The fraction of sp³-hybridized carbons (Fsp3) is 0.500. The molecule has 0 aromatic rings. The van der Waals surface area contributed by atoms with Crippen molar-refractivity contribution in [2.24, 2.45) is 5.92 Å². The van der Waals surface area contributed by atoms with Gasteiger partial charge in [-0.3, -0.25) is 0 Å². The summed E-state index contributed by atoms with van der Waals surface area (Å²) in [5, 5.41) is 19.2. The van der Waals surface area contributed by atoms with Crippen molar-refractivity contribution in [2.45, 2.75) is 6.92 Å². The molecular weight excluding hydrogens is 206 g/mol. The molecular formula is C4H6K2O5.